The molecule has 1 aromatic rings. The van der Waals surface area contributed by atoms with Crippen LogP contribution < -0.4 is 0 Å². The molecule has 0 aliphatic carbocycles. The maximum Gasteiger partial charge on any atom is 0.328 e. The molecular formula is C8H11NO5S. The molecule has 0 radical (unpaired) electrons. The lowest BCUT2D eigenvalue weighted by atomic mass is 10.4. The molecule has 0 unspecified atom stereocenters. The lowest BCUT2D eigenvalue weighted by Crippen LogP contribution is -2.05. The molecule has 6 nitrogen and oxygen atoms in total. The van der Waals surface area contributed by atoms with Crippen molar-refractivity contribution in [3.63, 3.8) is 0 Å². The van der Waals surface area contributed by atoms with Crippen LogP contribution in [0, 0.1) is 5.21 Å². The summed E-state index contributed by atoms with van der Waals surface area (Å²) in [5.41, 5.74) is 0.297. The Kier molecular flexibility index (Phi) is 3.48. The van der Waals surface area contributed by atoms with Crippen molar-refractivity contribution in [2.75, 3.05) is 6.54 Å². The maximum absolute atomic E-state index is 11.1. The third kappa shape index (κ3) is 3.37. The van der Waals surface area contributed by atoms with Gasteiger partial charge in [-0.05, 0) is 0 Å². The number of hydrogen-bond acceptors (Lipinski definition) is 4. The minimum Gasteiger partial charge on any atom is -0.624 e. The van der Waals surface area contributed by atoms with E-state index >= 15 is 0 Å². The van der Waals surface area contributed by atoms with Crippen LogP contribution in [0.25, 0.3) is 0 Å². The molecule has 84 valence electrons. The Hall–Kier alpha value is -1.34. The summed E-state index contributed by atoms with van der Waals surface area (Å²) in [7, 11) is -4.34. The van der Waals surface area contributed by atoms with E-state index in [1.54, 1.807) is 0 Å². The summed E-state index contributed by atoms with van der Waals surface area (Å²) in [4.78, 5) is 0. The van der Waals surface area contributed by atoms with Gasteiger partial charge in [0.25, 0.3) is 0 Å². The predicted octanol–water partition coefficient (Wildman–Crippen LogP) is 0.865. The zero-order chi connectivity index (χ0) is 11.5. The first kappa shape index (κ1) is 11.7. The van der Waals surface area contributed by atoms with Crippen molar-refractivity contribution < 1.29 is 22.1 Å². The van der Waals surface area contributed by atoms with E-state index in [-0.39, 0.29) is 0 Å². The predicted molar refractivity (Wildman–Crippen MR) is 52.5 cm³/mol. The second-order valence-corrected chi connectivity index (χ2v) is 4.30. The van der Waals surface area contributed by atoms with E-state index < -0.39 is 15.2 Å². The first-order valence-electron chi connectivity index (χ1n) is 4.28. The number of hydroxylamine groups is 1. The summed E-state index contributed by atoms with van der Waals surface area (Å²) in [6.07, 6.45) is 2.97. The zero-order valence-corrected chi connectivity index (χ0v) is 8.90. The third-order valence-electron chi connectivity index (χ3n) is 1.59. The summed E-state index contributed by atoms with van der Waals surface area (Å²) >= 11 is 0. The van der Waals surface area contributed by atoms with E-state index in [2.05, 4.69) is 4.42 Å². The summed E-state index contributed by atoms with van der Waals surface area (Å²) in [5, 5.41) is 10.5. The lowest BCUT2D eigenvalue weighted by molar-refractivity contribution is -0.452. The molecule has 1 rings (SSSR count). The molecule has 1 aromatic heterocycles. The highest BCUT2D eigenvalue weighted by Crippen LogP contribution is 2.11. The molecule has 0 amide bonds. The zero-order valence-electron chi connectivity index (χ0n) is 8.08. The van der Waals surface area contributed by atoms with Crippen molar-refractivity contribution in [2.45, 2.75) is 18.4 Å². The Balaban J connectivity index is 2.91. The highest BCUT2D eigenvalue weighted by Gasteiger charge is 2.15. The van der Waals surface area contributed by atoms with Gasteiger partial charge in [-0.15, -0.1) is 0 Å². The second kappa shape index (κ2) is 4.45. The Labute approximate surface area is 87.2 Å². The van der Waals surface area contributed by atoms with Crippen molar-refractivity contribution >= 4 is 16.3 Å². The maximum atomic E-state index is 11.1. The molecule has 0 spiro atoms. The van der Waals surface area contributed by atoms with Crippen LogP contribution in [0.15, 0.2) is 21.8 Å². The minimum atomic E-state index is -4.34. The number of furan rings is 1. The first-order chi connectivity index (χ1) is 6.93. The van der Waals surface area contributed by atoms with Gasteiger partial charge in [-0.2, -0.15) is 8.42 Å². The largest absolute Gasteiger partial charge is 0.624 e. The fraction of sp³-hybridized carbons (Fsp3) is 0.375. The number of nitrogens with zero attached hydrogens (tertiary/aromatic N) is 1. The van der Waals surface area contributed by atoms with E-state index in [1.165, 1.54) is 6.21 Å². The average molecular weight is 233 g/mol. The minimum absolute atomic E-state index is 0.297. The molecule has 0 saturated heterocycles. The van der Waals surface area contributed by atoms with Gasteiger partial charge in [0.2, 0.25) is 5.09 Å². The van der Waals surface area contributed by atoms with Gasteiger partial charge in [0.15, 0.2) is 12.8 Å². The summed E-state index contributed by atoms with van der Waals surface area (Å²) in [5.74, 6) is 0. The molecule has 7 heteroatoms. The fourth-order valence-electron chi connectivity index (χ4n) is 0.984. The molecule has 0 saturated carbocycles. The topological polar surface area (TPSA) is 93.6 Å². The number of hydrogen-bond donors (Lipinski definition) is 1. The van der Waals surface area contributed by atoms with Crippen LogP contribution in [-0.2, 0) is 10.1 Å². The highest BCUT2D eigenvalue weighted by atomic mass is 32.2. The van der Waals surface area contributed by atoms with Crippen LogP contribution in [0.5, 0.6) is 0 Å². The van der Waals surface area contributed by atoms with Gasteiger partial charge in [0, 0.05) is 12.5 Å². The van der Waals surface area contributed by atoms with Gasteiger partial charge >= 0.3 is 10.1 Å². The third-order valence-corrected chi connectivity index (χ3v) is 2.31. The van der Waals surface area contributed by atoms with Crippen LogP contribution in [0.1, 0.15) is 18.9 Å². The molecular weight excluding hydrogens is 222 g/mol. The van der Waals surface area contributed by atoms with E-state index in [0.717, 1.165) is 12.3 Å². The first-order valence-corrected chi connectivity index (χ1v) is 5.72. The van der Waals surface area contributed by atoms with Gasteiger partial charge < -0.3 is 9.62 Å². The quantitative estimate of drug-likeness (QED) is 0.274. The van der Waals surface area contributed by atoms with E-state index in [1.807, 2.05) is 6.92 Å². The summed E-state index contributed by atoms with van der Waals surface area (Å²) in [6.45, 7) is 2.16. The molecule has 0 fully saturated rings. The molecule has 0 bridgehead atoms. The molecule has 0 aliphatic rings. The lowest BCUT2D eigenvalue weighted by Gasteiger charge is -1.99. The fourth-order valence-corrected chi connectivity index (χ4v) is 1.44. The number of rotatable bonds is 4. The van der Waals surface area contributed by atoms with Gasteiger partial charge in [-0.1, -0.05) is 6.92 Å². The Morgan fingerprint density at radius 1 is 1.67 bits per heavy atom. The van der Waals surface area contributed by atoms with Crippen molar-refractivity contribution in [1.82, 2.24) is 0 Å². The molecule has 0 aliphatic heterocycles. The highest BCUT2D eigenvalue weighted by molar-refractivity contribution is 7.85. The van der Waals surface area contributed by atoms with Gasteiger partial charge in [0.05, 0.1) is 5.56 Å². The van der Waals surface area contributed by atoms with Crippen LogP contribution in [-0.4, -0.2) is 30.5 Å². The summed E-state index contributed by atoms with van der Waals surface area (Å²) < 4.78 is 35.1. The Morgan fingerprint density at radius 2 is 2.33 bits per heavy atom. The second-order valence-electron chi connectivity index (χ2n) is 2.94. The smallest absolute Gasteiger partial charge is 0.328 e. The SMILES string of the molecule is CCC[N+]([O-])=Cc1coc(S(=O)(=O)O)c1. The van der Waals surface area contributed by atoms with Crippen molar-refractivity contribution in [3.05, 3.63) is 23.1 Å². The van der Waals surface area contributed by atoms with Crippen molar-refractivity contribution in [1.29, 1.82) is 0 Å². The van der Waals surface area contributed by atoms with Crippen LogP contribution >= 0.6 is 0 Å². The average Bonchev–Trinajstić information content (AvgIpc) is 2.52. The van der Waals surface area contributed by atoms with Crippen molar-refractivity contribution in [2.24, 2.45) is 0 Å². The van der Waals surface area contributed by atoms with Crippen molar-refractivity contribution in [3.8, 4) is 0 Å². The monoisotopic (exact) mass is 233 g/mol. The van der Waals surface area contributed by atoms with Crippen LogP contribution in [0.3, 0.4) is 0 Å². The summed E-state index contributed by atoms with van der Waals surface area (Å²) in [6, 6.07) is 1.08. The van der Waals surface area contributed by atoms with Gasteiger partial charge in [-0.25, -0.2) is 4.74 Å². The molecule has 0 aromatic carbocycles. The molecule has 0 atom stereocenters. The van der Waals surface area contributed by atoms with Gasteiger partial charge in [0.1, 0.15) is 6.26 Å². The normalized spacial score (nSPS) is 13.1. The van der Waals surface area contributed by atoms with Gasteiger partial charge in [-0.3, -0.25) is 4.55 Å². The van der Waals surface area contributed by atoms with E-state index in [0.29, 0.717) is 23.3 Å². The molecule has 1 heterocycles. The Bertz CT molecular complexity index is 459. The molecule has 15 heavy (non-hydrogen) atoms. The van der Waals surface area contributed by atoms with Crippen LogP contribution in [0.4, 0.5) is 0 Å². The van der Waals surface area contributed by atoms with E-state index in [4.69, 9.17) is 4.55 Å². The standard InChI is InChI=1S/C8H11NO5S/c1-2-3-9(10)5-7-4-8(14-6-7)15(11,12)13/h4-6H,2-3H2,1H3,(H,11,12,13). The van der Waals surface area contributed by atoms with Crippen LogP contribution in [0.2, 0.25) is 0 Å². The van der Waals surface area contributed by atoms with E-state index in [9.17, 15) is 13.6 Å². The molecule has 1 N–H and O–H groups in total. The Morgan fingerprint density at radius 3 is 2.80 bits per heavy atom.